The van der Waals surface area contributed by atoms with Crippen LogP contribution in [-0.2, 0) is 9.59 Å². The average molecular weight is 342 g/mol. The van der Waals surface area contributed by atoms with Crippen LogP contribution in [0.25, 0.3) is 0 Å². The highest BCUT2D eigenvalue weighted by molar-refractivity contribution is 8.00. The van der Waals surface area contributed by atoms with Crippen LogP contribution in [0.3, 0.4) is 0 Å². The van der Waals surface area contributed by atoms with Gasteiger partial charge in [0.15, 0.2) is 5.78 Å². The van der Waals surface area contributed by atoms with Gasteiger partial charge in [-0.3, -0.25) is 14.4 Å². The molecule has 2 aromatic rings. The zero-order chi connectivity index (χ0) is 17.4. The summed E-state index contributed by atoms with van der Waals surface area (Å²) < 4.78 is 0. The highest BCUT2D eigenvalue weighted by Crippen LogP contribution is 2.13. The van der Waals surface area contributed by atoms with Crippen LogP contribution in [0.1, 0.15) is 22.0 Å². The minimum Gasteiger partial charge on any atom is -0.368 e. The van der Waals surface area contributed by atoms with Crippen LogP contribution in [0.5, 0.6) is 0 Å². The fourth-order valence-corrected chi connectivity index (χ4v) is 2.83. The first-order valence-electron chi connectivity index (χ1n) is 7.37. The van der Waals surface area contributed by atoms with Crippen LogP contribution in [0.4, 0.5) is 0 Å². The number of amides is 2. The van der Waals surface area contributed by atoms with Crippen molar-refractivity contribution in [1.29, 1.82) is 0 Å². The summed E-state index contributed by atoms with van der Waals surface area (Å²) in [6.07, 6.45) is 0. The lowest BCUT2D eigenvalue weighted by molar-refractivity contribution is -0.126. The van der Waals surface area contributed by atoms with E-state index in [0.717, 1.165) is 0 Å². The molecule has 2 amide bonds. The number of carbonyl (C=O) groups excluding carboxylic acids is 3. The van der Waals surface area contributed by atoms with Gasteiger partial charge in [-0.05, 0) is 5.56 Å². The fraction of sp³-hybridized carbons (Fsp3) is 0.167. The monoisotopic (exact) mass is 342 g/mol. The number of primary amides is 1. The topological polar surface area (TPSA) is 89.3 Å². The summed E-state index contributed by atoms with van der Waals surface area (Å²) in [6, 6.07) is 16.8. The van der Waals surface area contributed by atoms with E-state index in [1.807, 2.05) is 12.1 Å². The van der Waals surface area contributed by atoms with E-state index in [1.54, 1.807) is 48.5 Å². The zero-order valence-corrected chi connectivity index (χ0v) is 13.8. The molecule has 1 atom stereocenters. The molecule has 0 spiro atoms. The first-order chi connectivity index (χ1) is 11.6. The van der Waals surface area contributed by atoms with Crippen LogP contribution >= 0.6 is 11.8 Å². The first kappa shape index (κ1) is 17.7. The highest BCUT2D eigenvalue weighted by atomic mass is 32.2. The van der Waals surface area contributed by atoms with Gasteiger partial charge in [0.25, 0.3) is 0 Å². The molecule has 2 aromatic carbocycles. The Morgan fingerprint density at radius 1 is 0.917 bits per heavy atom. The molecule has 124 valence electrons. The van der Waals surface area contributed by atoms with E-state index in [-0.39, 0.29) is 23.2 Å². The second-order valence-electron chi connectivity index (χ2n) is 5.10. The van der Waals surface area contributed by atoms with E-state index in [4.69, 9.17) is 5.73 Å². The number of rotatable bonds is 8. The van der Waals surface area contributed by atoms with Crippen LogP contribution in [-0.4, -0.2) is 29.1 Å². The van der Waals surface area contributed by atoms with E-state index in [2.05, 4.69) is 5.32 Å². The fourth-order valence-electron chi connectivity index (χ4n) is 2.11. The zero-order valence-electron chi connectivity index (χ0n) is 13.0. The number of benzene rings is 2. The molecule has 0 aliphatic rings. The molecule has 0 radical (unpaired) electrons. The predicted molar refractivity (Wildman–Crippen MR) is 94.6 cm³/mol. The molecular formula is C18H18N2O3S. The normalized spacial score (nSPS) is 11.5. The molecule has 0 saturated heterocycles. The smallest absolute Gasteiger partial charge is 0.244 e. The molecule has 0 bridgehead atoms. The van der Waals surface area contributed by atoms with Crippen molar-refractivity contribution in [3.05, 3.63) is 71.8 Å². The van der Waals surface area contributed by atoms with E-state index < -0.39 is 11.9 Å². The van der Waals surface area contributed by atoms with Crippen molar-refractivity contribution >= 4 is 29.4 Å². The van der Waals surface area contributed by atoms with E-state index in [0.29, 0.717) is 11.1 Å². The van der Waals surface area contributed by atoms with Crippen molar-refractivity contribution in [2.45, 2.75) is 6.04 Å². The number of Topliss-reactive ketones (excluding diaryl/α,β-unsaturated/α-hetero) is 1. The quantitative estimate of drug-likeness (QED) is 0.718. The molecular weight excluding hydrogens is 324 g/mol. The van der Waals surface area contributed by atoms with Gasteiger partial charge in [0, 0.05) is 5.56 Å². The Bertz CT molecular complexity index is 705. The number of nitrogens with one attached hydrogen (secondary N) is 1. The highest BCUT2D eigenvalue weighted by Gasteiger charge is 2.20. The number of nitrogens with two attached hydrogens (primary N) is 1. The molecule has 24 heavy (non-hydrogen) atoms. The predicted octanol–water partition coefficient (Wildman–Crippen LogP) is 1.95. The molecule has 6 heteroatoms. The lowest BCUT2D eigenvalue weighted by Gasteiger charge is -2.15. The van der Waals surface area contributed by atoms with Crippen LogP contribution in [0.2, 0.25) is 0 Å². The largest absolute Gasteiger partial charge is 0.368 e. The van der Waals surface area contributed by atoms with Crippen LogP contribution in [0, 0.1) is 0 Å². The third-order valence-corrected chi connectivity index (χ3v) is 4.22. The molecule has 0 aliphatic carbocycles. The molecule has 0 unspecified atom stereocenters. The van der Waals surface area contributed by atoms with Gasteiger partial charge in [0.05, 0.1) is 11.5 Å². The Hall–Kier alpha value is -2.60. The molecule has 2 rings (SSSR count). The molecule has 0 aliphatic heterocycles. The number of carbonyl (C=O) groups is 3. The molecule has 0 heterocycles. The summed E-state index contributed by atoms with van der Waals surface area (Å²) in [7, 11) is 0. The SMILES string of the molecule is NC(=O)[C@@H](NC(=O)CSCC(=O)c1ccccc1)c1ccccc1. The minimum absolute atomic E-state index is 0.0390. The number of hydrogen-bond donors (Lipinski definition) is 2. The Balaban J connectivity index is 1.84. The standard InChI is InChI=1S/C18H18N2O3S/c19-18(23)17(14-9-5-2-6-10-14)20-16(22)12-24-11-15(21)13-7-3-1-4-8-13/h1-10,17H,11-12H2,(H2,19,23)(H,20,22)/t17-/m0/s1. The maximum atomic E-state index is 12.0. The number of thioether (sulfide) groups is 1. The average Bonchev–Trinajstić information content (AvgIpc) is 2.61. The van der Waals surface area contributed by atoms with Crippen molar-refractivity contribution in [3.63, 3.8) is 0 Å². The van der Waals surface area contributed by atoms with Crippen molar-refractivity contribution in [1.82, 2.24) is 5.32 Å². The summed E-state index contributed by atoms with van der Waals surface area (Å²) in [5.41, 5.74) is 6.60. The third-order valence-electron chi connectivity index (χ3n) is 3.28. The summed E-state index contributed by atoms with van der Waals surface area (Å²) in [6.45, 7) is 0. The van der Waals surface area contributed by atoms with Crippen molar-refractivity contribution in [2.24, 2.45) is 5.73 Å². The lowest BCUT2D eigenvalue weighted by atomic mass is 10.1. The molecule has 0 fully saturated rings. The molecule has 0 aromatic heterocycles. The maximum absolute atomic E-state index is 12.0. The minimum atomic E-state index is -0.871. The van der Waals surface area contributed by atoms with Gasteiger partial charge in [-0.15, -0.1) is 11.8 Å². The van der Waals surface area contributed by atoms with E-state index in [9.17, 15) is 14.4 Å². The van der Waals surface area contributed by atoms with E-state index >= 15 is 0 Å². The molecule has 3 N–H and O–H groups in total. The first-order valence-corrected chi connectivity index (χ1v) is 8.53. The summed E-state index contributed by atoms with van der Waals surface area (Å²) in [5.74, 6) is -0.726. The van der Waals surface area contributed by atoms with Crippen molar-refractivity contribution in [2.75, 3.05) is 11.5 Å². The lowest BCUT2D eigenvalue weighted by Crippen LogP contribution is -2.38. The van der Waals surface area contributed by atoms with Gasteiger partial charge in [-0.2, -0.15) is 0 Å². The Labute approximate surface area is 144 Å². The number of ketones is 1. The van der Waals surface area contributed by atoms with Crippen LogP contribution < -0.4 is 11.1 Å². The van der Waals surface area contributed by atoms with Gasteiger partial charge in [0.1, 0.15) is 6.04 Å². The second-order valence-corrected chi connectivity index (χ2v) is 6.08. The van der Waals surface area contributed by atoms with E-state index in [1.165, 1.54) is 11.8 Å². The number of hydrogen-bond acceptors (Lipinski definition) is 4. The molecule has 5 nitrogen and oxygen atoms in total. The Kier molecular flexibility index (Phi) is 6.57. The summed E-state index contributed by atoms with van der Waals surface area (Å²) in [5, 5.41) is 2.60. The molecule has 0 saturated carbocycles. The summed E-state index contributed by atoms with van der Waals surface area (Å²) in [4.78, 5) is 35.5. The van der Waals surface area contributed by atoms with Gasteiger partial charge < -0.3 is 11.1 Å². The van der Waals surface area contributed by atoms with Crippen LogP contribution in [0.15, 0.2) is 60.7 Å². The van der Waals surface area contributed by atoms with Crippen molar-refractivity contribution < 1.29 is 14.4 Å². The van der Waals surface area contributed by atoms with Gasteiger partial charge in [-0.1, -0.05) is 60.7 Å². The summed E-state index contributed by atoms with van der Waals surface area (Å²) >= 11 is 1.20. The van der Waals surface area contributed by atoms with Crippen molar-refractivity contribution in [3.8, 4) is 0 Å². The Morgan fingerprint density at radius 3 is 2.08 bits per heavy atom. The third kappa shape index (κ3) is 5.24. The van der Waals surface area contributed by atoms with Gasteiger partial charge >= 0.3 is 0 Å². The van der Waals surface area contributed by atoms with Gasteiger partial charge in [-0.25, -0.2) is 0 Å². The van der Waals surface area contributed by atoms with Gasteiger partial charge in [0.2, 0.25) is 11.8 Å². The Morgan fingerprint density at radius 2 is 1.50 bits per heavy atom. The maximum Gasteiger partial charge on any atom is 0.244 e. The second kappa shape index (κ2) is 8.88.